The molecule has 0 radical (unpaired) electrons. The summed E-state index contributed by atoms with van der Waals surface area (Å²) >= 11 is 1.73. The molecule has 0 aliphatic heterocycles. The van der Waals surface area contributed by atoms with Crippen LogP contribution in [-0.4, -0.2) is 49.4 Å². The van der Waals surface area contributed by atoms with E-state index >= 15 is 0 Å². The number of carbonyl (C=O) groups is 1. The predicted octanol–water partition coefficient (Wildman–Crippen LogP) is 3.36. The van der Waals surface area contributed by atoms with Gasteiger partial charge in [0, 0.05) is 18.8 Å². The second-order valence-electron chi connectivity index (χ2n) is 7.06. The molecule has 31 heavy (non-hydrogen) atoms. The third kappa shape index (κ3) is 4.41. The maximum Gasteiger partial charge on any atom is 0.270 e. The highest BCUT2D eigenvalue weighted by atomic mass is 32.2. The number of rotatable bonds is 8. The second-order valence-corrected chi connectivity index (χ2v) is 8.05. The Morgan fingerprint density at radius 1 is 1.19 bits per heavy atom. The molecule has 0 bridgehead atoms. The van der Waals surface area contributed by atoms with Crippen LogP contribution in [-0.2, 0) is 7.05 Å². The van der Waals surface area contributed by atoms with Crippen LogP contribution in [0.1, 0.15) is 28.8 Å². The zero-order valence-corrected chi connectivity index (χ0v) is 18.5. The molecule has 1 amide bonds. The standard InChI is InChI=1S/C22H24N6O2S/c1-27-19(14-18(26-27)15-7-9-16(30-2)10-8-15)22(29)23-17(11-13-31-3)21-25-24-20-6-4-5-12-28(20)21/h4-10,12,14,17H,11,13H2,1-3H3,(H,23,29)/t17-/m0/s1. The molecule has 8 nitrogen and oxygen atoms in total. The Labute approximate surface area is 184 Å². The van der Waals surface area contributed by atoms with Crippen LogP contribution in [0, 0.1) is 0 Å². The Bertz CT molecular complexity index is 1180. The molecule has 1 atom stereocenters. The Morgan fingerprint density at radius 3 is 2.74 bits per heavy atom. The number of nitrogens with one attached hydrogen (secondary N) is 1. The lowest BCUT2D eigenvalue weighted by Crippen LogP contribution is -2.31. The van der Waals surface area contributed by atoms with Gasteiger partial charge in [-0.25, -0.2) is 0 Å². The van der Waals surface area contributed by atoms with Crippen molar-refractivity contribution in [3.63, 3.8) is 0 Å². The maximum absolute atomic E-state index is 13.2. The molecule has 3 heterocycles. The van der Waals surface area contributed by atoms with Gasteiger partial charge >= 0.3 is 0 Å². The van der Waals surface area contributed by atoms with Crippen molar-refractivity contribution >= 4 is 23.3 Å². The fourth-order valence-corrected chi connectivity index (χ4v) is 3.89. The van der Waals surface area contributed by atoms with E-state index < -0.39 is 0 Å². The summed E-state index contributed by atoms with van der Waals surface area (Å²) in [6, 6.07) is 14.9. The molecule has 1 N–H and O–H groups in total. The Balaban J connectivity index is 1.59. The van der Waals surface area contributed by atoms with Crippen molar-refractivity contribution in [2.45, 2.75) is 12.5 Å². The largest absolute Gasteiger partial charge is 0.497 e. The molecule has 0 aliphatic rings. The highest BCUT2D eigenvalue weighted by molar-refractivity contribution is 7.98. The van der Waals surface area contributed by atoms with E-state index in [9.17, 15) is 4.79 Å². The fraction of sp³-hybridized carbons (Fsp3) is 0.273. The van der Waals surface area contributed by atoms with Gasteiger partial charge in [0.1, 0.15) is 11.4 Å². The topological polar surface area (TPSA) is 86.3 Å². The van der Waals surface area contributed by atoms with E-state index in [0.29, 0.717) is 5.69 Å². The van der Waals surface area contributed by atoms with Gasteiger partial charge in [0.25, 0.3) is 5.91 Å². The van der Waals surface area contributed by atoms with Crippen molar-refractivity contribution in [2.24, 2.45) is 7.05 Å². The van der Waals surface area contributed by atoms with Crippen LogP contribution in [0.2, 0.25) is 0 Å². The van der Waals surface area contributed by atoms with Crippen molar-refractivity contribution < 1.29 is 9.53 Å². The van der Waals surface area contributed by atoms with Crippen molar-refractivity contribution in [1.82, 2.24) is 29.7 Å². The highest BCUT2D eigenvalue weighted by Crippen LogP contribution is 2.23. The number of hydrogen-bond donors (Lipinski definition) is 1. The maximum atomic E-state index is 13.2. The van der Waals surface area contributed by atoms with E-state index in [-0.39, 0.29) is 11.9 Å². The van der Waals surface area contributed by atoms with Crippen molar-refractivity contribution in [3.8, 4) is 17.0 Å². The molecule has 1 aromatic carbocycles. The summed E-state index contributed by atoms with van der Waals surface area (Å²) in [5.41, 5.74) is 2.87. The molecule has 0 saturated heterocycles. The number of amides is 1. The van der Waals surface area contributed by atoms with Gasteiger partial charge in [-0.05, 0) is 60.9 Å². The van der Waals surface area contributed by atoms with Gasteiger partial charge in [-0.1, -0.05) is 6.07 Å². The number of aromatic nitrogens is 5. The molecule has 0 unspecified atom stereocenters. The number of hydrogen-bond acceptors (Lipinski definition) is 6. The third-order valence-electron chi connectivity index (χ3n) is 5.07. The lowest BCUT2D eigenvalue weighted by molar-refractivity contribution is 0.0924. The summed E-state index contributed by atoms with van der Waals surface area (Å²) < 4.78 is 8.72. The summed E-state index contributed by atoms with van der Waals surface area (Å²) in [5, 5.41) is 16.2. The van der Waals surface area contributed by atoms with E-state index in [1.807, 2.05) is 59.3 Å². The molecule has 9 heteroatoms. The van der Waals surface area contributed by atoms with E-state index in [1.165, 1.54) is 0 Å². The summed E-state index contributed by atoms with van der Waals surface area (Å²) in [7, 11) is 3.40. The molecule has 4 aromatic rings. The SMILES string of the molecule is COc1ccc(-c2cc(C(=O)N[C@@H](CCSC)c3nnc4ccccn34)n(C)n2)cc1. The number of ether oxygens (including phenoxy) is 1. The molecule has 4 rings (SSSR count). The van der Waals surface area contributed by atoms with Crippen molar-refractivity contribution in [1.29, 1.82) is 0 Å². The lowest BCUT2D eigenvalue weighted by Gasteiger charge is -2.17. The van der Waals surface area contributed by atoms with Gasteiger partial charge in [-0.3, -0.25) is 13.9 Å². The summed E-state index contributed by atoms with van der Waals surface area (Å²) in [5.74, 6) is 2.17. The number of thioether (sulfide) groups is 1. The Morgan fingerprint density at radius 2 is 2.00 bits per heavy atom. The first-order valence-electron chi connectivity index (χ1n) is 9.88. The van der Waals surface area contributed by atoms with Crippen LogP contribution in [0.15, 0.2) is 54.7 Å². The summed E-state index contributed by atoms with van der Waals surface area (Å²) in [6.45, 7) is 0. The summed E-state index contributed by atoms with van der Waals surface area (Å²) in [6.07, 6.45) is 4.70. The monoisotopic (exact) mass is 436 g/mol. The molecule has 0 aliphatic carbocycles. The molecular formula is C22H24N6O2S. The average molecular weight is 437 g/mol. The molecule has 0 saturated carbocycles. The summed E-state index contributed by atoms with van der Waals surface area (Å²) in [4.78, 5) is 13.2. The van der Waals surface area contributed by atoms with Gasteiger partial charge in [-0.2, -0.15) is 16.9 Å². The van der Waals surface area contributed by atoms with E-state index in [0.717, 1.165) is 40.7 Å². The van der Waals surface area contributed by atoms with Crippen LogP contribution in [0.3, 0.4) is 0 Å². The predicted molar refractivity (Wildman–Crippen MR) is 121 cm³/mol. The molecule has 0 spiro atoms. The number of nitrogens with zero attached hydrogens (tertiary/aromatic N) is 5. The minimum atomic E-state index is -0.267. The highest BCUT2D eigenvalue weighted by Gasteiger charge is 2.23. The van der Waals surface area contributed by atoms with E-state index in [2.05, 4.69) is 20.6 Å². The average Bonchev–Trinajstić information content (AvgIpc) is 3.40. The number of benzene rings is 1. The number of pyridine rings is 1. The minimum absolute atomic E-state index is 0.200. The van der Waals surface area contributed by atoms with Crippen LogP contribution < -0.4 is 10.1 Å². The van der Waals surface area contributed by atoms with E-state index in [4.69, 9.17) is 4.74 Å². The van der Waals surface area contributed by atoms with Crippen molar-refractivity contribution in [2.75, 3.05) is 19.1 Å². The van der Waals surface area contributed by atoms with Gasteiger partial charge in [0.2, 0.25) is 0 Å². The zero-order valence-electron chi connectivity index (χ0n) is 17.6. The lowest BCUT2D eigenvalue weighted by atomic mass is 10.1. The van der Waals surface area contributed by atoms with Crippen LogP contribution in [0.5, 0.6) is 5.75 Å². The second kappa shape index (κ2) is 9.22. The number of methoxy groups -OCH3 is 1. The van der Waals surface area contributed by atoms with Crippen LogP contribution in [0.4, 0.5) is 0 Å². The van der Waals surface area contributed by atoms with Crippen molar-refractivity contribution in [3.05, 3.63) is 66.2 Å². The first-order chi connectivity index (χ1) is 15.1. The first-order valence-corrected chi connectivity index (χ1v) is 11.3. The third-order valence-corrected chi connectivity index (χ3v) is 5.71. The molecule has 0 fully saturated rings. The first kappa shape index (κ1) is 20.9. The number of aryl methyl sites for hydroxylation is 1. The Hall–Kier alpha value is -3.33. The Kier molecular flexibility index (Phi) is 6.22. The normalized spacial score (nSPS) is 12.1. The van der Waals surface area contributed by atoms with Crippen LogP contribution >= 0.6 is 11.8 Å². The number of fused-ring (bicyclic) bond motifs is 1. The van der Waals surface area contributed by atoms with E-state index in [1.54, 1.807) is 36.7 Å². The van der Waals surface area contributed by atoms with Gasteiger partial charge in [0.15, 0.2) is 11.5 Å². The smallest absolute Gasteiger partial charge is 0.270 e. The number of carbonyl (C=O) groups excluding carboxylic acids is 1. The molecular weight excluding hydrogens is 412 g/mol. The van der Waals surface area contributed by atoms with Gasteiger partial charge in [0.05, 0.1) is 18.8 Å². The fourth-order valence-electron chi connectivity index (χ4n) is 3.41. The molecule has 3 aromatic heterocycles. The quantitative estimate of drug-likeness (QED) is 0.456. The van der Waals surface area contributed by atoms with Crippen LogP contribution in [0.25, 0.3) is 16.9 Å². The molecule has 160 valence electrons. The van der Waals surface area contributed by atoms with Gasteiger partial charge < -0.3 is 10.1 Å². The zero-order chi connectivity index (χ0) is 21.8. The van der Waals surface area contributed by atoms with Gasteiger partial charge in [-0.15, -0.1) is 10.2 Å². The minimum Gasteiger partial charge on any atom is -0.497 e.